The zero-order valence-corrected chi connectivity index (χ0v) is 73.5. The predicted octanol–water partition coefficient (Wildman–Crippen LogP) is 13.3. The van der Waals surface area contributed by atoms with Crippen LogP contribution in [0.15, 0.2) is 310 Å². The topological polar surface area (TPSA) is 455 Å². The number of amides is 5. The van der Waals surface area contributed by atoms with Crippen LogP contribution >= 0.6 is 0 Å². The van der Waals surface area contributed by atoms with Gasteiger partial charge in [0, 0.05) is 122 Å². The number of ether oxygens (including phenoxy) is 6. The van der Waals surface area contributed by atoms with Gasteiger partial charge >= 0.3 is 12.1 Å². The average molecular weight is 1830 g/mol. The Bertz CT molecular complexity index is 7470. The zero-order valence-electron chi connectivity index (χ0n) is 73.5. The van der Waals surface area contributed by atoms with Gasteiger partial charge in [-0.3, -0.25) is 25.4 Å². The third-order valence-corrected chi connectivity index (χ3v) is 21.0. The van der Waals surface area contributed by atoms with Crippen LogP contribution in [0.5, 0.6) is 28.7 Å². The molecule has 682 valence electrons. The highest BCUT2D eigenvalue weighted by molar-refractivity contribution is 5.92. The number of carbonyl (C=O) groups is 3. The minimum absolute atomic E-state index is 0.136. The highest BCUT2D eigenvalue weighted by Crippen LogP contribution is 2.27. The highest BCUT2D eigenvalue weighted by Gasteiger charge is 2.23. The number of anilines is 3. The third kappa shape index (κ3) is 22.9. The van der Waals surface area contributed by atoms with Crippen molar-refractivity contribution < 1.29 is 42.8 Å². The monoisotopic (exact) mass is 1830 g/mol. The normalized spacial score (nSPS) is 12.1. The van der Waals surface area contributed by atoms with Crippen LogP contribution in [0.4, 0.5) is 27.0 Å². The Morgan fingerprint density at radius 1 is 0.321 bits per heavy atom. The van der Waals surface area contributed by atoms with Crippen LogP contribution in [0.3, 0.4) is 0 Å². The number of nitrogens with two attached hydrogens (primary N) is 1. The van der Waals surface area contributed by atoms with Crippen LogP contribution in [-0.2, 0) is 37.8 Å². The van der Waals surface area contributed by atoms with Gasteiger partial charge in [-0.25, -0.2) is 24.5 Å². The molecule has 2 aliphatic rings. The summed E-state index contributed by atoms with van der Waals surface area (Å²) in [6.07, 6.45) is 11.7. The molecule has 2 fully saturated rings. The van der Waals surface area contributed by atoms with Gasteiger partial charge < -0.3 is 49.3 Å². The number of nitrogens with zero attached hydrogens (tertiary/aromatic N) is 27. The molecule has 40 nitrogen and oxygen atoms in total. The lowest BCUT2D eigenvalue weighted by molar-refractivity contribution is 0.0564. The lowest BCUT2D eigenvalue weighted by Gasteiger charge is -2.26. The Kier molecular flexibility index (Phi) is 28.2. The number of hydrogen-bond donors (Lipinski definition) is 4. The van der Waals surface area contributed by atoms with Crippen molar-refractivity contribution in [2.24, 2.45) is 0 Å². The van der Waals surface area contributed by atoms with Crippen molar-refractivity contribution in [1.82, 2.24) is 139 Å². The Morgan fingerprint density at radius 2 is 0.613 bits per heavy atom. The molecule has 0 saturated carbocycles. The van der Waals surface area contributed by atoms with Gasteiger partial charge in [0.1, 0.15) is 84.9 Å². The molecule has 0 spiro atoms. The standard InChI is InChI=1S/C22H21N7O3.C22H21N7O2.C19H16N6O2.C17H14N6O.C17H13N5O/c30-22(28-10-12-31-13-11-28)24-19-14-17(8-9-23-19)32-15-21-26-25-20-7-6-18(27-29(20)21)16-4-2-1-3-5-16;30-22(28-12-4-5-13-28)24-19-14-17(10-11-23-19)31-15-21-26-25-20-9-8-18(27-29(20)21)16-6-2-1-3-7-16;1-20-19(26)16-11-14(9-10-21-16)27-12-18-23-22-17-8-7-15(24-25(17)18)13-5-3-2-4-6-13;18-15-10-13(8-9-19-15)24-11-17-21-20-16-7-6-14(22-23(16)17)12-4-2-1-3-5-12;1-2-4-13(5-3-1)15-6-7-16-19-20-17(22(16)21-15)12-23-14-8-10-18-11-9-14/h1-9,14H,10-13,15H2,(H,23,24,30);1-3,6-11,14H,4-5,12-13,15H2,(H,23,24,30);2-11H,12H2,1H3,(H,20,26);1-10H,11H2,(H2,18,19);1-11H,12H2. The summed E-state index contributed by atoms with van der Waals surface area (Å²) in [6.45, 7) is 4.76. The van der Waals surface area contributed by atoms with E-state index < -0.39 is 0 Å². The van der Waals surface area contributed by atoms with Crippen molar-refractivity contribution in [3.8, 4) is 85.0 Å². The number of fused-ring (bicyclic) bond motifs is 5. The van der Waals surface area contributed by atoms with Crippen LogP contribution in [-0.4, -0.2) is 198 Å². The van der Waals surface area contributed by atoms with Gasteiger partial charge in [-0.05, 0) is 110 Å². The fourth-order valence-corrected chi connectivity index (χ4v) is 14.1. The summed E-state index contributed by atoms with van der Waals surface area (Å²) < 4.78 is 42.6. The molecule has 5 amide bonds. The van der Waals surface area contributed by atoms with Crippen molar-refractivity contribution in [2.75, 3.05) is 62.8 Å². The van der Waals surface area contributed by atoms with Crippen LogP contribution in [0.25, 0.3) is 84.5 Å². The molecule has 0 bridgehead atoms. The summed E-state index contributed by atoms with van der Waals surface area (Å²) in [4.78, 5) is 60.1. The van der Waals surface area contributed by atoms with Gasteiger partial charge in [0.15, 0.2) is 57.4 Å². The molecule has 5 aromatic carbocycles. The number of likely N-dealkylation sites (tertiary alicyclic amines) is 1. The molecule has 17 heterocycles. The van der Waals surface area contributed by atoms with E-state index in [0.29, 0.717) is 124 Å². The molecule has 137 heavy (non-hydrogen) atoms. The quantitative estimate of drug-likeness (QED) is 0.0462. The van der Waals surface area contributed by atoms with E-state index in [0.717, 1.165) is 88.0 Å². The molecule has 22 rings (SSSR count). The maximum Gasteiger partial charge on any atom is 0.323 e. The van der Waals surface area contributed by atoms with E-state index in [9.17, 15) is 14.4 Å². The molecule has 15 aromatic heterocycles. The first-order valence-electron chi connectivity index (χ1n) is 43.4. The number of nitrogens with one attached hydrogen (secondary N) is 3. The van der Waals surface area contributed by atoms with Crippen molar-refractivity contribution in [3.05, 3.63) is 345 Å². The number of aromatic nitrogens is 25. The number of urea groups is 2. The van der Waals surface area contributed by atoms with Gasteiger partial charge in [0.25, 0.3) is 5.91 Å². The molecule has 20 aromatic rings. The molecule has 2 aliphatic heterocycles. The summed E-state index contributed by atoms with van der Waals surface area (Å²) in [6, 6.07) is 85.3. The Hall–Kier alpha value is -18.6. The van der Waals surface area contributed by atoms with E-state index in [1.165, 1.54) is 6.20 Å². The average Bonchev–Trinajstić information content (AvgIpc) is 1.68. The van der Waals surface area contributed by atoms with Crippen molar-refractivity contribution in [2.45, 2.75) is 45.9 Å². The second-order valence-electron chi connectivity index (χ2n) is 30.3. The first-order valence-corrected chi connectivity index (χ1v) is 43.4. The predicted molar refractivity (Wildman–Crippen MR) is 503 cm³/mol. The van der Waals surface area contributed by atoms with Gasteiger partial charge in [-0.2, -0.15) is 48.1 Å². The van der Waals surface area contributed by atoms with Gasteiger partial charge in [-0.15, -0.1) is 51.0 Å². The Morgan fingerprint density at radius 3 is 0.942 bits per heavy atom. The summed E-state index contributed by atoms with van der Waals surface area (Å²) >= 11 is 0. The maximum atomic E-state index is 12.4. The molecular formula is C97H85N31O9. The number of morpholine rings is 1. The van der Waals surface area contributed by atoms with Crippen molar-refractivity contribution in [3.63, 3.8) is 0 Å². The Labute approximate surface area is 780 Å². The first kappa shape index (κ1) is 89.0. The van der Waals surface area contributed by atoms with E-state index in [-0.39, 0.29) is 56.7 Å². The van der Waals surface area contributed by atoms with E-state index in [4.69, 9.17) is 34.2 Å². The molecule has 0 aliphatic carbocycles. The fourth-order valence-electron chi connectivity index (χ4n) is 14.1. The molecule has 0 radical (unpaired) electrons. The molecule has 40 heteroatoms. The number of rotatable bonds is 23. The second-order valence-corrected chi connectivity index (χ2v) is 30.3. The summed E-state index contributed by atoms with van der Waals surface area (Å²) in [5.74, 6) is 6.93. The SMILES string of the molecule is CNC(=O)c1cc(OCc2nnc3ccc(-c4ccccc4)nn23)ccn1.Nc1cc(OCc2nnc3ccc(-c4ccccc4)nn23)ccn1.O=C(Nc1cc(OCc2nnc3ccc(-c4ccccc4)nn23)ccn1)N1CCCC1.O=C(Nc1cc(OCc2nnc3ccc(-c4ccccc4)nn23)ccn1)N1CCOCC1.c1ccc(-c2ccc3nnc(COc4ccncc4)n3n2)cc1. The number of hydrogen-bond acceptors (Lipinski definition) is 30. The van der Waals surface area contributed by atoms with E-state index in [2.05, 4.69) is 117 Å². The van der Waals surface area contributed by atoms with E-state index >= 15 is 0 Å². The lowest BCUT2D eigenvalue weighted by Crippen LogP contribution is -2.43. The van der Waals surface area contributed by atoms with E-state index in [1.807, 2.05) is 212 Å². The Balaban J connectivity index is 0.000000115. The summed E-state index contributed by atoms with van der Waals surface area (Å²) in [5.41, 5.74) is 18.5. The van der Waals surface area contributed by atoms with Crippen LogP contribution in [0.2, 0.25) is 0 Å². The fraction of sp³-hybridized carbons (Fsp3) is 0.144. The van der Waals surface area contributed by atoms with Crippen LogP contribution in [0.1, 0.15) is 52.5 Å². The summed E-state index contributed by atoms with van der Waals surface area (Å²) in [7, 11) is 1.55. The van der Waals surface area contributed by atoms with Gasteiger partial charge in [-0.1, -0.05) is 152 Å². The van der Waals surface area contributed by atoms with Gasteiger partial charge in [0.05, 0.1) is 41.7 Å². The number of carbonyl (C=O) groups excluding carboxylic acids is 3. The minimum Gasteiger partial charge on any atom is -0.485 e. The lowest BCUT2D eigenvalue weighted by atomic mass is 10.1. The van der Waals surface area contributed by atoms with E-state index in [1.54, 1.807) is 131 Å². The maximum absolute atomic E-state index is 12.4. The highest BCUT2D eigenvalue weighted by atomic mass is 16.5. The van der Waals surface area contributed by atoms with Crippen LogP contribution < -0.4 is 45.4 Å². The largest absolute Gasteiger partial charge is 0.485 e. The van der Waals surface area contributed by atoms with Crippen molar-refractivity contribution >= 4 is 63.7 Å². The molecule has 0 unspecified atom stereocenters. The third-order valence-electron chi connectivity index (χ3n) is 21.0. The van der Waals surface area contributed by atoms with Crippen molar-refractivity contribution in [1.29, 1.82) is 0 Å². The first-order chi connectivity index (χ1) is 67.5. The van der Waals surface area contributed by atoms with Crippen LogP contribution in [0, 0.1) is 0 Å². The minimum atomic E-state index is -0.275. The molecular weight excluding hydrogens is 1740 g/mol. The second kappa shape index (κ2) is 43.4. The number of nitrogen functional groups attached to an aromatic ring is 1. The zero-order chi connectivity index (χ0) is 93.3. The molecule has 5 N–H and O–H groups in total. The number of pyridine rings is 5. The smallest absolute Gasteiger partial charge is 0.323 e. The molecule has 2 saturated heterocycles. The summed E-state index contributed by atoms with van der Waals surface area (Å²) in [5, 5.41) is 72.8. The number of benzene rings is 5. The molecule has 0 atom stereocenters. The van der Waals surface area contributed by atoms with Gasteiger partial charge in [0.2, 0.25) is 0 Å².